The monoisotopic (exact) mass is 463 g/mol. The fourth-order valence-corrected chi connectivity index (χ4v) is 4.29. The lowest BCUT2D eigenvalue weighted by atomic mass is 9.84. The maximum absolute atomic E-state index is 14.2. The van der Waals surface area contributed by atoms with Crippen LogP contribution < -0.4 is 15.8 Å². The van der Waals surface area contributed by atoms with Crippen LogP contribution in [-0.2, 0) is 14.8 Å². The topological polar surface area (TPSA) is 136 Å². The third-order valence-electron chi connectivity index (χ3n) is 6.01. The zero-order chi connectivity index (χ0) is 22.9. The zero-order valence-corrected chi connectivity index (χ0v) is 18.5. The molecule has 4 N–H and O–H groups in total. The highest BCUT2D eigenvalue weighted by atomic mass is 32.2. The van der Waals surface area contributed by atoms with E-state index in [1.807, 2.05) is 6.92 Å². The maximum atomic E-state index is 14.2. The number of hydrogen-bond acceptors (Lipinski definition) is 7. The van der Waals surface area contributed by atoms with Crippen LogP contribution in [0.15, 0.2) is 35.5 Å². The summed E-state index contributed by atoms with van der Waals surface area (Å²) in [4.78, 5) is 20.2. The van der Waals surface area contributed by atoms with Crippen LogP contribution in [0, 0.1) is 5.82 Å². The lowest BCUT2D eigenvalue weighted by Gasteiger charge is -2.28. The van der Waals surface area contributed by atoms with Crippen molar-refractivity contribution >= 4 is 27.8 Å². The SMILES string of the molecule is CC1(NC(=O)O[C@H]2CC[C@@H](c3cnc(Nc4ccc(S(N)(=O)=O)cc4F)nc3)CC2)CC1. The number of rotatable bonds is 6. The van der Waals surface area contributed by atoms with Crippen LogP contribution in [0.5, 0.6) is 0 Å². The van der Waals surface area contributed by atoms with Gasteiger partial charge in [-0.05, 0) is 75.1 Å². The molecule has 4 rings (SSSR count). The van der Waals surface area contributed by atoms with E-state index in [-0.39, 0.29) is 40.2 Å². The van der Waals surface area contributed by atoms with Crippen LogP contribution in [-0.4, -0.2) is 36.1 Å². The third kappa shape index (κ3) is 5.52. The lowest BCUT2D eigenvalue weighted by Crippen LogP contribution is -2.37. The second-order valence-electron chi connectivity index (χ2n) is 8.72. The molecular weight excluding hydrogens is 437 g/mol. The Labute approximate surface area is 186 Å². The minimum atomic E-state index is -3.98. The van der Waals surface area contributed by atoms with Gasteiger partial charge in [-0.2, -0.15) is 0 Å². The quantitative estimate of drug-likeness (QED) is 0.598. The van der Waals surface area contributed by atoms with Crippen LogP contribution >= 0.6 is 0 Å². The molecule has 1 aromatic heterocycles. The summed E-state index contributed by atoms with van der Waals surface area (Å²) in [6.07, 6.45) is 8.21. The molecule has 0 spiro atoms. The smallest absolute Gasteiger partial charge is 0.407 e. The second kappa shape index (κ2) is 8.62. The highest BCUT2D eigenvalue weighted by Crippen LogP contribution is 2.36. The number of nitrogens with two attached hydrogens (primary N) is 1. The molecule has 0 unspecified atom stereocenters. The van der Waals surface area contributed by atoms with Crippen LogP contribution in [0.4, 0.5) is 20.8 Å². The minimum absolute atomic E-state index is 0.0427. The molecule has 0 radical (unpaired) electrons. The molecule has 1 amide bonds. The number of carbonyl (C=O) groups is 1. The van der Waals surface area contributed by atoms with E-state index in [0.29, 0.717) is 0 Å². The Bertz CT molecular complexity index is 1100. The minimum Gasteiger partial charge on any atom is -0.446 e. The van der Waals surface area contributed by atoms with Crippen molar-refractivity contribution in [3.63, 3.8) is 0 Å². The number of sulfonamides is 1. The Kier molecular flexibility index (Phi) is 6.04. The van der Waals surface area contributed by atoms with E-state index in [1.54, 1.807) is 12.4 Å². The first-order chi connectivity index (χ1) is 15.1. The van der Waals surface area contributed by atoms with Crippen molar-refractivity contribution in [2.24, 2.45) is 5.14 Å². The summed E-state index contributed by atoms with van der Waals surface area (Å²) < 4.78 is 42.3. The molecule has 1 aromatic carbocycles. The van der Waals surface area contributed by atoms with Crippen LogP contribution in [0.25, 0.3) is 0 Å². The number of carbonyl (C=O) groups excluding carboxylic acids is 1. The number of nitrogens with zero attached hydrogens (tertiary/aromatic N) is 2. The van der Waals surface area contributed by atoms with Gasteiger partial charge in [0.25, 0.3) is 0 Å². The molecule has 0 bridgehead atoms. The Balaban J connectivity index is 1.30. The van der Waals surface area contributed by atoms with E-state index in [1.165, 1.54) is 12.1 Å². The van der Waals surface area contributed by atoms with Gasteiger partial charge in [0.2, 0.25) is 16.0 Å². The molecule has 2 aromatic rings. The van der Waals surface area contributed by atoms with Crippen molar-refractivity contribution in [1.82, 2.24) is 15.3 Å². The standard InChI is InChI=1S/C21H26FN5O4S/c1-21(8-9-21)27-20(28)31-15-4-2-13(3-5-15)14-11-24-19(25-12-14)26-18-7-6-16(10-17(18)22)32(23,29)30/h6-7,10-13,15H,2-5,8-9H2,1H3,(H,27,28)(H2,23,29,30)(H,24,25,26)/t13-,15+. The average molecular weight is 464 g/mol. The molecule has 2 aliphatic rings. The Morgan fingerprint density at radius 2 is 1.84 bits per heavy atom. The first-order valence-electron chi connectivity index (χ1n) is 10.5. The maximum Gasteiger partial charge on any atom is 0.407 e. The number of benzene rings is 1. The fraction of sp³-hybridized carbons (Fsp3) is 0.476. The molecule has 0 saturated heterocycles. The van der Waals surface area contributed by atoms with Crippen LogP contribution in [0.1, 0.15) is 56.9 Å². The molecule has 2 aliphatic carbocycles. The molecule has 2 fully saturated rings. The lowest BCUT2D eigenvalue weighted by molar-refractivity contribution is 0.0688. The molecule has 0 aliphatic heterocycles. The zero-order valence-electron chi connectivity index (χ0n) is 17.7. The van der Waals surface area contributed by atoms with E-state index >= 15 is 0 Å². The summed E-state index contributed by atoms with van der Waals surface area (Å²) >= 11 is 0. The van der Waals surface area contributed by atoms with E-state index in [0.717, 1.165) is 50.2 Å². The fourth-order valence-electron chi connectivity index (χ4n) is 3.76. The molecule has 9 nitrogen and oxygen atoms in total. The van der Waals surface area contributed by atoms with Gasteiger partial charge in [-0.25, -0.2) is 32.7 Å². The van der Waals surface area contributed by atoms with Gasteiger partial charge in [0.15, 0.2) is 0 Å². The Morgan fingerprint density at radius 1 is 1.19 bits per heavy atom. The third-order valence-corrected chi connectivity index (χ3v) is 6.92. The number of primary sulfonamides is 1. The largest absolute Gasteiger partial charge is 0.446 e. The number of alkyl carbamates (subject to hydrolysis) is 1. The van der Waals surface area contributed by atoms with Gasteiger partial charge in [0.05, 0.1) is 10.6 Å². The predicted molar refractivity (Wildman–Crippen MR) is 115 cm³/mol. The van der Waals surface area contributed by atoms with E-state index in [9.17, 15) is 17.6 Å². The molecule has 11 heteroatoms. The first-order valence-corrected chi connectivity index (χ1v) is 12.1. The van der Waals surface area contributed by atoms with Crippen molar-refractivity contribution < 1.29 is 22.3 Å². The van der Waals surface area contributed by atoms with Crippen molar-refractivity contribution in [3.05, 3.63) is 42.0 Å². The number of halogens is 1. The van der Waals surface area contributed by atoms with E-state index < -0.39 is 15.8 Å². The van der Waals surface area contributed by atoms with Gasteiger partial charge >= 0.3 is 6.09 Å². The number of ether oxygens (including phenoxy) is 1. The number of anilines is 2. The number of amides is 1. The van der Waals surface area contributed by atoms with Crippen LogP contribution in [0.3, 0.4) is 0 Å². The van der Waals surface area contributed by atoms with E-state index in [2.05, 4.69) is 20.6 Å². The normalized spacial score (nSPS) is 22.1. The first kappa shape index (κ1) is 22.4. The summed E-state index contributed by atoms with van der Waals surface area (Å²) in [5.41, 5.74) is 0.921. The highest BCUT2D eigenvalue weighted by Gasteiger charge is 2.39. The van der Waals surface area contributed by atoms with Crippen LogP contribution in [0.2, 0.25) is 0 Å². The molecule has 0 atom stereocenters. The molecule has 32 heavy (non-hydrogen) atoms. The Morgan fingerprint density at radius 3 is 2.41 bits per heavy atom. The van der Waals surface area contributed by atoms with Crippen molar-refractivity contribution in [3.8, 4) is 0 Å². The summed E-state index contributed by atoms with van der Waals surface area (Å²) in [5.74, 6) is -0.320. The van der Waals surface area contributed by atoms with Crippen molar-refractivity contribution in [2.75, 3.05) is 5.32 Å². The van der Waals surface area contributed by atoms with Gasteiger partial charge in [-0.3, -0.25) is 0 Å². The second-order valence-corrected chi connectivity index (χ2v) is 10.3. The van der Waals surface area contributed by atoms with Gasteiger partial charge in [0, 0.05) is 17.9 Å². The summed E-state index contributed by atoms with van der Waals surface area (Å²) in [7, 11) is -3.98. The van der Waals surface area contributed by atoms with Crippen molar-refractivity contribution in [1.29, 1.82) is 0 Å². The number of hydrogen-bond donors (Lipinski definition) is 3. The van der Waals surface area contributed by atoms with E-state index in [4.69, 9.17) is 9.88 Å². The summed E-state index contributed by atoms with van der Waals surface area (Å²) in [5, 5.41) is 10.7. The van der Waals surface area contributed by atoms with Crippen molar-refractivity contribution in [2.45, 2.75) is 67.9 Å². The van der Waals surface area contributed by atoms with Gasteiger partial charge in [-0.1, -0.05) is 0 Å². The molecular formula is C21H26FN5O4S. The molecule has 172 valence electrons. The van der Waals surface area contributed by atoms with Gasteiger partial charge < -0.3 is 15.4 Å². The summed E-state index contributed by atoms with van der Waals surface area (Å²) in [6.45, 7) is 2.01. The highest BCUT2D eigenvalue weighted by molar-refractivity contribution is 7.89. The van der Waals surface area contributed by atoms with Gasteiger partial charge in [0.1, 0.15) is 11.9 Å². The molecule has 2 saturated carbocycles. The van der Waals surface area contributed by atoms with Gasteiger partial charge in [-0.15, -0.1) is 0 Å². The molecule has 1 heterocycles. The summed E-state index contributed by atoms with van der Waals surface area (Å²) in [6, 6.07) is 3.33. The average Bonchev–Trinajstić information content (AvgIpc) is 3.46. The predicted octanol–water partition coefficient (Wildman–Crippen LogP) is 3.31. The Hall–Kier alpha value is -2.79. The number of aromatic nitrogens is 2. The number of nitrogens with one attached hydrogen (secondary N) is 2.